The lowest BCUT2D eigenvalue weighted by molar-refractivity contribution is -0.120. The van der Waals surface area contributed by atoms with Gasteiger partial charge in [-0.05, 0) is 32.0 Å². The molecule has 4 rings (SSSR count). The summed E-state index contributed by atoms with van der Waals surface area (Å²) in [5, 5.41) is 14.5. The zero-order valence-electron chi connectivity index (χ0n) is 14.7. The molecule has 1 aliphatic heterocycles. The Hall–Kier alpha value is -3.30. The normalized spacial score (nSPS) is 14.3. The molecule has 1 fully saturated rings. The predicted molar refractivity (Wildman–Crippen MR) is 92.0 cm³/mol. The lowest BCUT2D eigenvalue weighted by atomic mass is 9.99. The highest BCUT2D eigenvalue weighted by molar-refractivity contribution is 5.93. The molecule has 10 heteroatoms. The van der Waals surface area contributed by atoms with Gasteiger partial charge in [-0.15, -0.1) is 0 Å². The zero-order valence-corrected chi connectivity index (χ0v) is 14.7. The van der Waals surface area contributed by atoms with Crippen LogP contribution in [-0.2, 0) is 4.79 Å². The van der Waals surface area contributed by atoms with Crippen molar-refractivity contribution in [2.45, 2.75) is 20.8 Å². The molecule has 1 N–H and O–H groups in total. The molecule has 0 saturated carbocycles. The van der Waals surface area contributed by atoms with Gasteiger partial charge in [0.25, 0.3) is 0 Å². The van der Waals surface area contributed by atoms with Crippen molar-refractivity contribution in [2.24, 2.45) is 5.92 Å². The summed E-state index contributed by atoms with van der Waals surface area (Å²) in [6.45, 7) is 6.79. The SMILES string of the molecule is Cc1cc(C)n(-c2cc(N3CC(C(=O)Nc4nonc4C)C3)ncn2)n1. The third-order valence-corrected chi connectivity index (χ3v) is 4.34. The van der Waals surface area contributed by atoms with E-state index in [9.17, 15) is 4.79 Å². The molecule has 10 nitrogen and oxygen atoms in total. The molecule has 3 aromatic rings. The number of hydrogen-bond acceptors (Lipinski definition) is 8. The fourth-order valence-corrected chi connectivity index (χ4v) is 2.88. The molecule has 0 atom stereocenters. The predicted octanol–water partition coefficient (Wildman–Crippen LogP) is 1.05. The fraction of sp³-hybridized carbons (Fsp3) is 0.375. The van der Waals surface area contributed by atoms with Crippen LogP contribution < -0.4 is 10.2 Å². The van der Waals surface area contributed by atoms with Crippen LogP contribution in [0.25, 0.3) is 5.82 Å². The summed E-state index contributed by atoms with van der Waals surface area (Å²) in [5.41, 5.74) is 2.49. The van der Waals surface area contributed by atoms with Gasteiger partial charge >= 0.3 is 0 Å². The number of aromatic nitrogens is 6. The van der Waals surface area contributed by atoms with E-state index in [1.165, 1.54) is 6.33 Å². The standard InChI is InChI=1S/C16H18N8O2/c1-9-4-10(2)24(20-9)14-5-13(17-8-18-14)23-6-12(7-23)16(25)19-15-11(3)21-26-22-15/h4-5,8,12H,6-7H2,1-3H3,(H,19,22,25). The largest absolute Gasteiger partial charge is 0.355 e. The first-order chi connectivity index (χ1) is 12.5. The Kier molecular flexibility index (Phi) is 3.86. The van der Waals surface area contributed by atoms with Crippen molar-refractivity contribution < 1.29 is 9.42 Å². The molecule has 0 unspecified atom stereocenters. The second-order valence-electron chi connectivity index (χ2n) is 6.36. The van der Waals surface area contributed by atoms with Gasteiger partial charge in [-0.3, -0.25) is 4.79 Å². The molecule has 3 aromatic heterocycles. The Morgan fingerprint density at radius 3 is 2.58 bits per heavy atom. The molecule has 4 heterocycles. The van der Waals surface area contributed by atoms with Gasteiger partial charge in [-0.1, -0.05) is 5.16 Å². The van der Waals surface area contributed by atoms with Crippen molar-refractivity contribution in [1.82, 2.24) is 30.1 Å². The average molecular weight is 354 g/mol. The van der Waals surface area contributed by atoms with E-state index in [0.717, 1.165) is 17.2 Å². The molecule has 0 radical (unpaired) electrons. The first-order valence-corrected chi connectivity index (χ1v) is 8.22. The van der Waals surface area contributed by atoms with Crippen LogP contribution in [0.3, 0.4) is 0 Å². The minimum Gasteiger partial charge on any atom is -0.355 e. The van der Waals surface area contributed by atoms with Crippen LogP contribution in [0, 0.1) is 26.7 Å². The third kappa shape index (κ3) is 2.89. The van der Waals surface area contributed by atoms with Gasteiger partial charge in [0.15, 0.2) is 11.6 Å². The van der Waals surface area contributed by atoms with Gasteiger partial charge in [-0.2, -0.15) is 5.10 Å². The Morgan fingerprint density at radius 1 is 1.15 bits per heavy atom. The summed E-state index contributed by atoms with van der Waals surface area (Å²) in [4.78, 5) is 22.9. The van der Waals surface area contributed by atoms with Gasteiger partial charge in [0.2, 0.25) is 5.91 Å². The molecule has 134 valence electrons. The second-order valence-corrected chi connectivity index (χ2v) is 6.36. The molecule has 26 heavy (non-hydrogen) atoms. The Bertz CT molecular complexity index is 957. The van der Waals surface area contributed by atoms with E-state index in [1.54, 1.807) is 11.6 Å². The van der Waals surface area contributed by atoms with E-state index in [4.69, 9.17) is 0 Å². The summed E-state index contributed by atoms with van der Waals surface area (Å²) in [5.74, 6) is 1.59. The van der Waals surface area contributed by atoms with Crippen LogP contribution in [-0.4, -0.2) is 49.1 Å². The molecule has 0 aliphatic carbocycles. The number of carbonyl (C=O) groups is 1. The topological polar surface area (TPSA) is 115 Å². The maximum atomic E-state index is 12.3. The Labute approximate surface area is 149 Å². The van der Waals surface area contributed by atoms with E-state index in [2.05, 4.69) is 35.3 Å². The Balaban J connectivity index is 1.43. The van der Waals surface area contributed by atoms with E-state index in [-0.39, 0.29) is 11.8 Å². The summed E-state index contributed by atoms with van der Waals surface area (Å²) in [7, 11) is 0. The number of aryl methyl sites for hydroxylation is 3. The molecule has 0 spiro atoms. The molecule has 0 bridgehead atoms. The Morgan fingerprint density at radius 2 is 1.92 bits per heavy atom. The number of carbonyl (C=O) groups excluding carboxylic acids is 1. The lowest BCUT2D eigenvalue weighted by Crippen LogP contribution is -2.52. The molecular formula is C16H18N8O2. The first kappa shape index (κ1) is 16.2. The lowest BCUT2D eigenvalue weighted by Gasteiger charge is -2.38. The molecule has 1 saturated heterocycles. The van der Waals surface area contributed by atoms with E-state index in [1.807, 2.05) is 30.9 Å². The molecule has 1 amide bonds. The van der Waals surface area contributed by atoms with Gasteiger partial charge in [0, 0.05) is 24.8 Å². The van der Waals surface area contributed by atoms with Crippen LogP contribution in [0.5, 0.6) is 0 Å². The van der Waals surface area contributed by atoms with Crippen LogP contribution >= 0.6 is 0 Å². The minimum atomic E-state index is -0.141. The number of rotatable bonds is 4. The highest BCUT2D eigenvalue weighted by Crippen LogP contribution is 2.25. The van der Waals surface area contributed by atoms with Gasteiger partial charge < -0.3 is 10.2 Å². The van der Waals surface area contributed by atoms with Gasteiger partial charge in [0.1, 0.15) is 17.8 Å². The highest BCUT2D eigenvalue weighted by Gasteiger charge is 2.34. The molecule has 1 aliphatic rings. The fourth-order valence-electron chi connectivity index (χ4n) is 2.88. The second kappa shape index (κ2) is 6.21. The van der Waals surface area contributed by atoms with Crippen LogP contribution in [0.2, 0.25) is 0 Å². The first-order valence-electron chi connectivity index (χ1n) is 8.22. The summed E-state index contributed by atoms with van der Waals surface area (Å²) in [6.07, 6.45) is 1.51. The zero-order chi connectivity index (χ0) is 18.3. The van der Waals surface area contributed by atoms with Crippen LogP contribution in [0.15, 0.2) is 23.1 Å². The number of nitrogens with zero attached hydrogens (tertiary/aromatic N) is 7. The van der Waals surface area contributed by atoms with Crippen molar-refractivity contribution >= 4 is 17.5 Å². The van der Waals surface area contributed by atoms with Crippen molar-refractivity contribution in [1.29, 1.82) is 0 Å². The van der Waals surface area contributed by atoms with Crippen LogP contribution in [0.1, 0.15) is 17.1 Å². The number of hydrogen-bond donors (Lipinski definition) is 1. The van der Waals surface area contributed by atoms with Crippen molar-refractivity contribution in [3.8, 4) is 5.82 Å². The summed E-state index contributed by atoms with van der Waals surface area (Å²) >= 11 is 0. The molecule has 0 aromatic carbocycles. The van der Waals surface area contributed by atoms with E-state index >= 15 is 0 Å². The number of amides is 1. The smallest absolute Gasteiger partial charge is 0.232 e. The average Bonchev–Trinajstić information content (AvgIpc) is 3.11. The van der Waals surface area contributed by atoms with Crippen molar-refractivity contribution in [3.63, 3.8) is 0 Å². The molecular weight excluding hydrogens is 336 g/mol. The third-order valence-electron chi connectivity index (χ3n) is 4.34. The van der Waals surface area contributed by atoms with Crippen molar-refractivity contribution in [2.75, 3.05) is 23.3 Å². The van der Waals surface area contributed by atoms with E-state index in [0.29, 0.717) is 30.4 Å². The van der Waals surface area contributed by atoms with Crippen LogP contribution in [0.4, 0.5) is 11.6 Å². The van der Waals surface area contributed by atoms with Gasteiger partial charge in [-0.25, -0.2) is 19.3 Å². The maximum Gasteiger partial charge on any atom is 0.232 e. The monoisotopic (exact) mass is 354 g/mol. The van der Waals surface area contributed by atoms with Crippen molar-refractivity contribution in [3.05, 3.63) is 35.5 Å². The minimum absolute atomic E-state index is 0.104. The quantitative estimate of drug-likeness (QED) is 0.739. The number of anilines is 2. The number of nitrogens with one attached hydrogen (secondary N) is 1. The maximum absolute atomic E-state index is 12.3. The highest BCUT2D eigenvalue weighted by atomic mass is 16.6. The van der Waals surface area contributed by atoms with E-state index < -0.39 is 0 Å². The van der Waals surface area contributed by atoms with Gasteiger partial charge in [0.05, 0.1) is 11.6 Å². The summed E-state index contributed by atoms with van der Waals surface area (Å²) < 4.78 is 6.37. The summed E-state index contributed by atoms with van der Waals surface area (Å²) in [6, 6.07) is 3.87.